The number of ether oxygens (including phenoxy) is 1. The average Bonchev–Trinajstić information content (AvgIpc) is 2.70. The second kappa shape index (κ2) is 9.30. The van der Waals surface area contributed by atoms with Crippen LogP contribution in [-0.4, -0.2) is 46.3 Å². The molecular formula is C24H30N2O4. The molecule has 1 unspecified atom stereocenters. The summed E-state index contributed by atoms with van der Waals surface area (Å²) in [6.45, 7) is 5.84. The molecule has 6 nitrogen and oxygen atoms in total. The summed E-state index contributed by atoms with van der Waals surface area (Å²) in [6, 6.07) is 16.7. The Morgan fingerprint density at radius 1 is 1.10 bits per heavy atom. The fourth-order valence-corrected chi connectivity index (χ4v) is 3.56. The van der Waals surface area contributed by atoms with Crippen molar-refractivity contribution in [3.63, 3.8) is 0 Å². The Morgan fingerprint density at radius 3 is 2.40 bits per heavy atom. The van der Waals surface area contributed by atoms with Crippen molar-refractivity contribution < 1.29 is 19.4 Å². The van der Waals surface area contributed by atoms with Gasteiger partial charge in [0.1, 0.15) is 11.6 Å². The van der Waals surface area contributed by atoms with Gasteiger partial charge in [-0.2, -0.15) is 0 Å². The zero-order chi connectivity index (χ0) is 21.7. The van der Waals surface area contributed by atoms with Crippen LogP contribution in [0.2, 0.25) is 0 Å². The van der Waals surface area contributed by atoms with E-state index < -0.39 is 23.8 Å². The molecule has 0 saturated carbocycles. The lowest BCUT2D eigenvalue weighted by atomic mass is 9.93. The Kier molecular flexibility index (Phi) is 6.77. The van der Waals surface area contributed by atoms with Crippen LogP contribution in [0.25, 0.3) is 0 Å². The third-order valence-corrected chi connectivity index (χ3v) is 5.01. The third-order valence-electron chi connectivity index (χ3n) is 5.01. The van der Waals surface area contributed by atoms with E-state index in [4.69, 9.17) is 4.74 Å². The van der Waals surface area contributed by atoms with E-state index in [-0.39, 0.29) is 12.5 Å². The van der Waals surface area contributed by atoms with Crippen molar-refractivity contribution in [2.75, 3.05) is 6.54 Å². The number of carbonyl (C=O) groups is 2. The van der Waals surface area contributed by atoms with Gasteiger partial charge in [0.2, 0.25) is 5.91 Å². The predicted molar refractivity (Wildman–Crippen MR) is 115 cm³/mol. The number of carbonyl (C=O) groups excluding carboxylic acids is 2. The summed E-state index contributed by atoms with van der Waals surface area (Å²) in [5.74, 6) is -0.289. The minimum absolute atomic E-state index is 0.119. The Bertz CT molecular complexity index is 876. The number of nitrogens with zero attached hydrogens (tertiary/aromatic N) is 1. The van der Waals surface area contributed by atoms with Gasteiger partial charge in [0, 0.05) is 19.4 Å². The Hall–Kier alpha value is -2.86. The number of nitrogens with one attached hydrogen (secondary N) is 1. The fraction of sp³-hybridized carbons (Fsp3) is 0.417. The maximum atomic E-state index is 13.0. The van der Waals surface area contributed by atoms with Gasteiger partial charge in [0.25, 0.3) is 0 Å². The van der Waals surface area contributed by atoms with Crippen LogP contribution in [0.15, 0.2) is 54.6 Å². The zero-order valence-electron chi connectivity index (χ0n) is 17.8. The van der Waals surface area contributed by atoms with Gasteiger partial charge in [0.05, 0.1) is 12.6 Å². The normalized spacial score (nSPS) is 17.1. The van der Waals surface area contributed by atoms with Crippen LogP contribution in [0.1, 0.15) is 37.5 Å². The van der Waals surface area contributed by atoms with E-state index in [0.29, 0.717) is 19.4 Å². The first-order chi connectivity index (χ1) is 14.2. The molecule has 0 aromatic heterocycles. The molecule has 2 atom stereocenters. The molecule has 1 heterocycles. The Balaban J connectivity index is 1.68. The van der Waals surface area contributed by atoms with E-state index in [1.807, 2.05) is 54.6 Å². The molecule has 30 heavy (non-hydrogen) atoms. The summed E-state index contributed by atoms with van der Waals surface area (Å²) in [5.41, 5.74) is 2.40. The van der Waals surface area contributed by atoms with Crippen molar-refractivity contribution in [2.45, 2.75) is 57.9 Å². The van der Waals surface area contributed by atoms with Crippen molar-refractivity contribution in [3.8, 4) is 0 Å². The maximum Gasteiger partial charge on any atom is 0.411 e. The molecule has 3 rings (SSSR count). The lowest BCUT2D eigenvalue weighted by Crippen LogP contribution is -2.54. The predicted octanol–water partition coefficient (Wildman–Crippen LogP) is 3.07. The topological polar surface area (TPSA) is 78.9 Å². The SMILES string of the molecule is CC(C)(C)OC(=O)N1Cc2ccccc2C[C@H]1C(=O)NCC(O)Cc1ccccc1. The largest absolute Gasteiger partial charge is 0.444 e. The van der Waals surface area contributed by atoms with Crippen molar-refractivity contribution in [1.82, 2.24) is 10.2 Å². The van der Waals surface area contributed by atoms with Gasteiger partial charge in [-0.15, -0.1) is 0 Å². The van der Waals surface area contributed by atoms with Gasteiger partial charge in [0.15, 0.2) is 0 Å². The van der Waals surface area contributed by atoms with Crippen LogP contribution in [0.4, 0.5) is 4.79 Å². The van der Waals surface area contributed by atoms with Crippen LogP contribution < -0.4 is 5.32 Å². The number of rotatable bonds is 5. The lowest BCUT2D eigenvalue weighted by molar-refractivity contribution is -0.127. The summed E-state index contributed by atoms with van der Waals surface area (Å²) in [7, 11) is 0. The minimum atomic E-state index is -0.706. The molecule has 0 saturated heterocycles. The first-order valence-corrected chi connectivity index (χ1v) is 10.3. The van der Waals surface area contributed by atoms with Crippen molar-refractivity contribution in [1.29, 1.82) is 0 Å². The van der Waals surface area contributed by atoms with Crippen LogP contribution in [0.3, 0.4) is 0 Å². The summed E-state index contributed by atoms with van der Waals surface area (Å²) in [5, 5.41) is 13.1. The van der Waals surface area contributed by atoms with E-state index >= 15 is 0 Å². The molecule has 0 aliphatic carbocycles. The highest BCUT2D eigenvalue weighted by Gasteiger charge is 2.36. The smallest absolute Gasteiger partial charge is 0.411 e. The van der Waals surface area contributed by atoms with E-state index in [9.17, 15) is 14.7 Å². The molecule has 160 valence electrons. The third kappa shape index (κ3) is 5.83. The highest BCUT2D eigenvalue weighted by Crippen LogP contribution is 2.25. The van der Waals surface area contributed by atoms with E-state index in [2.05, 4.69) is 5.32 Å². The van der Waals surface area contributed by atoms with Crippen molar-refractivity contribution in [3.05, 3.63) is 71.3 Å². The second-order valence-electron chi connectivity index (χ2n) is 8.69. The first-order valence-electron chi connectivity index (χ1n) is 10.3. The first kappa shape index (κ1) is 21.8. The standard InChI is InChI=1S/C24H30N2O4/c1-24(2,3)30-23(29)26-16-19-12-8-7-11-18(19)14-21(26)22(28)25-15-20(27)13-17-9-5-4-6-10-17/h4-12,20-21,27H,13-16H2,1-3H3,(H,25,28)/t20?,21-/m0/s1. The summed E-state index contributed by atoms with van der Waals surface area (Å²) in [6.07, 6.45) is -0.357. The number of benzene rings is 2. The van der Waals surface area contributed by atoms with Crippen molar-refractivity contribution >= 4 is 12.0 Å². The van der Waals surface area contributed by atoms with Gasteiger partial charge >= 0.3 is 6.09 Å². The number of hydrogen-bond donors (Lipinski definition) is 2. The fourth-order valence-electron chi connectivity index (χ4n) is 3.56. The molecule has 0 radical (unpaired) electrons. The second-order valence-corrected chi connectivity index (χ2v) is 8.69. The molecule has 0 fully saturated rings. The number of fused-ring (bicyclic) bond motifs is 1. The zero-order valence-corrected chi connectivity index (χ0v) is 17.8. The minimum Gasteiger partial charge on any atom is -0.444 e. The Morgan fingerprint density at radius 2 is 1.73 bits per heavy atom. The number of aliphatic hydroxyl groups excluding tert-OH is 1. The van der Waals surface area contributed by atoms with Gasteiger partial charge in [-0.1, -0.05) is 54.6 Å². The van der Waals surface area contributed by atoms with Crippen LogP contribution in [0.5, 0.6) is 0 Å². The van der Waals surface area contributed by atoms with Crippen LogP contribution in [-0.2, 0) is 28.9 Å². The monoisotopic (exact) mass is 410 g/mol. The molecule has 2 aromatic rings. The van der Waals surface area contributed by atoms with Gasteiger partial charge in [-0.05, 0) is 37.5 Å². The molecule has 6 heteroatoms. The molecule has 1 aliphatic rings. The van der Waals surface area contributed by atoms with Gasteiger partial charge < -0.3 is 15.2 Å². The van der Waals surface area contributed by atoms with E-state index in [1.54, 1.807) is 20.8 Å². The highest BCUT2D eigenvalue weighted by atomic mass is 16.6. The molecule has 0 spiro atoms. The van der Waals surface area contributed by atoms with Crippen LogP contribution >= 0.6 is 0 Å². The molecule has 1 aliphatic heterocycles. The molecule has 2 amide bonds. The van der Waals surface area contributed by atoms with E-state index in [0.717, 1.165) is 16.7 Å². The summed E-state index contributed by atoms with van der Waals surface area (Å²) >= 11 is 0. The van der Waals surface area contributed by atoms with Gasteiger partial charge in [-0.3, -0.25) is 9.69 Å². The lowest BCUT2D eigenvalue weighted by Gasteiger charge is -2.37. The maximum absolute atomic E-state index is 13.0. The van der Waals surface area contributed by atoms with Crippen LogP contribution in [0, 0.1) is 0 Å². The quantitative estimate of drug-likeness (QED) is 0.794. The molecular weight excluding hydrogens is 380 g/mol. The molecule has 0 bridgehead atoms. The van der Waals surface area contributed by atoms with Gasteiger partial charge in [-0.25, -0.2) is 4.79 Å². The summed E-state index contributed by atoms with van der Waals surface area (Å²) < 4.78 is 5.53. The highest BCUT2D eigenvalue weighted by molar-refractivity contribution is 5.86. The summed E-state index contributed by atoms with van der Waals surface area (Å²) in [4.78, 5) is 27.2. The molecule has 2 aromatic carbocycles. The average molecular weight is 411 g/mol. The number of amides is 2. The van der Waals surface area contributed by atoms with Crippen molar-refractivity contribution in [2.24, 2.45) is 0 Å². The Labute approximate surface area is 177 Å². The number of aliphatic hydroxyl groups is 1. The number of hydrogen-bond acceptors (Lipinski definition) is 4. The van der Waals surface area contributed by atoms with E-state index in [1.165, 1.54) is 4.90 Å². The molecule has 2 N–H and O–H groups in total.